The molecular formula is C31H48N2O8. The van der Waals surface area contributed by atoms with Crippen LogP contribution in [-0.2, 0) is 33.3 Å². The maximum Gasteiger partial charge on any atom is 0.303 e. The normalized spacial score (nSPS) is 34.5. The number of rotatable bonds is 12. The molecule has 3 rings (SSSR count). The standard InChI is InChI=1S/C31H48N2O8/c1-7-14-32-29(37)16-24-17-31(18-38-31)30(40-23(6)35)27(41-24)12-9-19(2)8-11-26-20(3)15-25(22(5)39-26)33-28(36)13-10-21(4)34/h8-10,12-13,20-22,24-27,30,34H,7,11,14-18H2,1-6H3,(H,32,37)(H,33,36)/b12-9+,13-10-,19-8+/t20-,21-,22+,24+,25+,26-,27+,30+,31+/m0/s1. The Labute approximate surface area is 243 Å². The molecule has 0 aromatic carbocycles. The lowest BCUT2D eigenvalue weighted by Gasteiger charge is -2.39. The fourth-order valence-electron chi connectivity index (χ4n) is 5.47. The number of carbonyl (C=O) groups excluding carboxylic acids is 3. The third kappa shape index (κ3) is 10.1. The lowest BCUT2D eigenvalue weighted by Crippen LogP contribution is -2.52. The van der Waals surface area contributed by atoms with Gasteiger partial charge in [0.05, 0.1) is 43.5 Å². The maximum absolute atomic E-state index is 12.4. The van der Waals surface area contributed by atoms with Crippen molar-refractivity contribution < 1.29 is 38.4 Å². The Morgan fingerprint density at radius 2 is 1.90 bits per heavy atom. The van der Waals surface area contributed by atoms with Crippen LogP contribution < -0.4 is 10.6 Å². The van der Waals surface area contributed by atoms with Gasteiger partial charge in [0.25, 0.3) is 0 Å². The first-order valence-electron chi connectivity index (χ1n) is 14.8. The van der Waals surface area contributed by atoms with Gasteiger partial charge < -0.3 is 34.7 Å². The predicted octanol–water partition coefficient (Wildman–Crippen LogP) is 2.89. The Morgan fingerprint density at radius 1 is 1.17 bits per heavy atom. The van der Waals surface area contributed by atoms with E-state index in [1.54, 1.807) is 6.92 Å². The Bertz CT molecular complexity index is 1000. The highest BCUT2D eigenvalue weighted by Gasteiger charge is 2.60. The number of hydrogen-bond donors (Lipinski definition) is 3. The van der Waals surface area contributed by atoms with E-state index in [0.29, 0.717) is 26.0 Å². The number of aliphatic hydroxyl groups is 1. The molecule has 3 heterocycles. The van der Waals surface area contributed by atoms with Gasteiger partial charge in [-0.1, -0.05) is 43.7 Å². The quantitative estimate of drug-likeness (QED) is 0.140. The van der Waals surface area contributed by atoms with E-state index in [4.69, 9.17) is 18.9 Å². The number of esters is 1. The van der Waals surface area contributed by atoms with Crippen LogP contribution in [0.15, 0.2) is 36.0 Å². The number of carbonyl (C=O) groups is 3. The molecule has 3 fully saturated rings. The average molecular weight is 577 g/mol. The van der Waals surface area contributed by atoms with Crippen molar-refractivity contribution in [2.45, 2.75) is 122 Å². The zero-order chi connectivity index (χ0) is 30.2. The monoisotopic (exact) mass is 576 g/mol. The Hall–Kier alpha value is -2.53. The third-order valence-corrected chi connectivity index (χ3v) is 7.82. The lowest BCUT2D eigenvalue weighted by atomic mass is 9.87. The number of ether oxygens (including phenoxy) is 4. The van der Waals surface area contributed by atoms with Crippen molar-refractivity contribution in [1.82, 2.24) is 10.6 Å². The third-order valence-electron chi connectivity index (χ3n) is 7.82. The summed E-state index contributed by atoms with van der Waals surface area (Å²) < 4.78 is 24.0. The van der Waals surface area contributed by atoms with Crippen LogP contribution in [0.2, 0.25) is 0 Å². The first-order chi connectivity index (χ1) is 19.4. The van der Waals surface area contributed by atoms with Crippen LogP contribution in [0.3, 0.4) is 0 Å². The van der Waals surface area contributed by atoms with Crippen molar-refractivity contribution in [3.63, 3.8) is 0 Å². The summed E-state index contributed by atoms with van der Waals surface area (Å²) in [5.74, 6) is -0.473. The van der Waals surface area contributed by atoms with Gasteiger partial charge >= 0.3 is 5.97 Å². The number of amides is 2. The second-order valence-electron chi connectivity index (χ2n) is 11.7. The molecule has 41 heavy (non-hydrogen) atoms. The molecule has 3 N–H and O–H groups in total. The van der Waals surface area contributed by atoms with Gasteiger partial charge in [0.2, 0.25) is 11.8 Å². The van der Waals surface area contributed by atoms with Crippen LogP contribution in [0.1, 0.15) is 73.6 Å². The van der Waals surface area contributed by atoms with Gasteiger partial charge in [-0.15, -0.1) is 0 Å². The molecule has 0 radical (unpaired) electrons. The smallest absolute Gasteiger partial charge is 0.303 e. The highest BCUT2D eigenvalue weighted by Crippen LogP contribution is 2.45. The largest absolute Gasteiger partial charge is 0.456 e. The van der Waals surface area contributed by atoms with Crippen molar-refractivity contribution >= 4 is 17.8 Å². The van der Waals surface area contributed by atoms with Gasteiger partial charge in [0.15, 0.2) is 6.10 Å². The highest BCUT2D eigenvalue weighted by atomic mass is 16.7. The summed E-state index contributed by atoms with van der Waals surface area (Å²) in [5.41, 5.74) is 0.386. The van der Waals surface area contributed by atoms with E-state index in [9.17, 15) is 19.5 Å². The summed E-state index contributed by atoms with van der Waals surface area (Å²) in [6, 6.07) is -0.104. The van der Waals surface area contributed by atoms with E-state index in [1.807, 2.05) is 32.9 Å². The van der Waals surface area contributed by atoms with Crippen molar-refractivity contribution in [2.24, 2.45) is 5.92 Å². The second kappa shape index (κ2) is 15.1. The SMILES string of the molecule is CCCNC(=O)C[C@@H]1C[C@@]2(CO2)[C@H](OC(C)=O)[C@@H](/C=C/C(C)=C/C[C@@H]2O[C@H](C)[C@H](NC(=O)/C=C\[C@H](C)O)C[C@@H]2C)O1. The molecule has 9 atom stereocenters. The zero-order valence-electron chi connectivity index (χ0n) is 25.3. The molecule has 3 aliphatic heterocycles. The molecule has 10 heteroatoms. The van der Waals surface area contributed by atoms with E-state index in [1.165, 1.54) is 19.1 Å². The van der Waals surface area contributed by atoms with Gasteiger partial charge in [-0.2, -0.15) is 0 Å². The molecule has 1 spiro atoms. The molecule has 10 nitrogen and oxygen atoms in total. The average Bonchev–Trinajstić information content (AvgIpc) is 3.67. The fourth-order valence-corrected chi connectivity index (χ4v) is 5.47. The van der Waals surface area contributed by atoms with Crippen molar-refractivity contribution in [1.29, 1.82) is 0 Å². The lowest BCUT2D eigenvalue weighted by molar-refractivity contribution is -0.179. The van der Waals surface area contributed by atoms with Crippen LogP contribution in [0, 0.1) is 5.92 Å². The first kappa shape index (κ1) is 33.0. The number of epoxide rings is 1. The molecule has 3 saturated heterocycles. The zero-order valence-corrected chi connectivity index (χ0v) is 25.3. The summed E-state index contributed by atoms with van der Waals surface area (Å²) in [6.45, 7) is 12.1. The summed E-state index contributed by atoms with van der Waals surface area (Å²) in [7, 11) is 0. The maximum atomic E-state index is 12.4. The fraction of sp³-hybridized carbons (Fsp3) is 0.710. The molecule has 0 saturated carbocycles. The Kier molecular flexibility index (Phi) is 12.1. The second-order valence-corrected chi connectivity index (χ2v) is 11.7. The summed E-state index contributed by atoms with van der Waals surface area (Å²) in [5, 5.41) is 15.2. The van der Waals surface area contributed by atoms with Crippen LogP contribution in [0.25, 0.3) is 0 Å². The van der Waals surface area contributed by atoms with Gasteiger partial charge in [0, 0.05) is 26.0 Å². The van der Waals surface area contributed by atoms with Gasteiger partial charge in [-0.3, -0.25) is 14.4 Å². The molecule has 3 aliphatic rings. The van der Waals surface area contributed by atoms with E-state index >= 15 is 0 Å². The highest BCUT2D eigenvalue weighted by molar-refractivity contribution is 5.87. The van der Waals surface area contributed by atoms with Gasteiger partial charge in [-0.05, 0) is 46.0 Å². The molecule has 0 aliphatic carbocycles. The number of allylic oxidation sites excluding steroid dienone is 2. The minimum absolute atomic E-state index is 0.00313. The van der Waals surface area contributed by atoms with Crippen LogP contribution >= 0.6 is 0 Å². The van der Waals surface area contributed by atoms with Crippen molar-refractivity contribution in [2.75, 3.05) is 13.2 Å². The molecule has 0 aromatic rings. The van der Waals surface area contributed by atoms with E-state index in [0.717, 1.165) is 18.4 Å². The first-order valence-corrected chi connectivity index (χ1v) is 14.8. The van der Waals surface area contributed by atoms with Gasteiger partial charge in [0.1, 0.15) is 11.7 Å². The van der Waals surface area contributed by atoms with Crippen molar-refractivity contribution in [3.8, 4) is 0 Å². The minimum atomic E-state index is -0.674. The topological polar surface area (TPSA) is 136 Å². The number of nitrogens with one attached hydrogen (secondary N) is 2. The Morgan fingerprint density at radius 3 is 2.54 bits per heavy atom. The molecular weight excluding hydrogens is 528 g/mol. The molecule has 230 valence electrons. The van der Waals surface area contributed by atoms with Crippen LogP contribution in [0.5, 0.6) is 0 Å². The summed E-state index contributed by atoms with van der Waals surface area (Å²) >= 11 is 0. The van der Waals surface area contributed by atoms with Crippen LogP contribution in [0.4, 0.5) is 0 Å². The minimum Gasteiger partial charge on any atom is -0.456 e. The molecule has 2 amide bonds. The number of aliphatic hydroxyl groups excluding tert-OH is 1. The van der Waals surface area contributed by atoms with Crippen molar-refractivity contribution in [3.05, 3.63) is 36.0 Å². The molecule has 0 aromatic heterocycles. The van der Waals surface area contributed by atoms with Gasteiger partial charge in [-0.25, -0.2) is 0 Å². The number of hydrogen-bond acceptors (Lipinski definition) is 8. The van der Waals surface area contributed by atoms with E-state index in [-0.39, 0.29) is 48.5 Å². The Balaban J connectivity index is 1.60. The van der Waals surface area contributed by atoms with E-state index < -0.39 is 29.9 Å². The summed E-state index contributed by atoms with van der Waals surface area (Å²) in [4.78, 5) is 36.4. The predicted molar refractivity (Wildman–Crippen MR) is 154 cm³/mol. The summed E-state index contributed by atoms with van der Waals surface area (Å²) in [6.07, 6.45) is 9.55. The molecule has 0 bridgehead atoms. The molecule has 0 unspecified atom stereocenters. The van der Waals surface area contributed by atoms with E-state index in [2.05, 4.69) is 23.6 Å². The van der Waals surface area contributed by atoms with Crippen LogP contribution in [-0.4, -0.2) is 84.3 Å².